The molecule has 0 saturated carbocycles. The second-order valence-corrected chi connectivity index (χ2v) is 10.7. The van der Waals surface area contributed by atoms with E-state index in [0.29, 0.717) is 28.7 Å². The summed E-state index contributed by atoms with van der Waals surface area (Å²) in [6.07, 6.45) is 2.80. The average molecular weight is 462 g/mol. The smallest absolute Gasteiger partial charge is 0.341 e. The van der Waals surface area contributed by atoms with Gasteiger partial charge >= 0.3 is 5.97 Å². The lowest BCUT2D eigenvalue weighted by Crippen LogP contribution is -2.26. The molecule has 1 N–H and O–H groups in total. The molecule has 4 nitrogen and oxygen atoms in total. The van der Waals surface area contributed by atoms with Crippen LogP contribution in [0.15, 0.2) is 54.6 Å². The van der Waals surface area contributed by atoms with Crippen LogP contribution in [-0.2, 0) is 17.6 Å². The molecule has 1 aromatic heterocycles. The van der Waals surface area contributed by atoms with Crippen LogP contribution < -0.4 is 5.32 Å². The zero-order valence-electron chi connectivity index (χ0n) is 19.7. The van der Waals surface area contributed by atoms with E-state index in [9.17, 15) is 9.59 Å². The van der Waals surface area contributed by atoms with E-state index >= 15 is 0 Å². The largest absolute Gasteiger partial charge is 0.462 e. The maximum absolute atomic E-state index is 13.1. The van der Waals surface area contributed by atoms with E-state index in [1.54, 1.807) is 6.92 Å². The van der Waals surface area contributed by atoms with Crippen LogP contribution in [0.25, 0.3) is 11.1 Å². The van der Waals surface area contributed by atoms with Gasteiger partial charge in [0.1, 0.15) is 5.00 Å². The predicted octanol–water partition coefficient (Wildman–Crippen LogP) is 7.00. The minimum absolute atomic E-state index is 0.204. The second kappa shape index (κ2) is 9.52. The van der Waals surface area contributed by atoms with Crippen LogP contribution in [0.3, 0.4) is 0 Å². The SMILES string of the molecule is CCOC(=O)c1c(NC(=O)c2ccc(-c3ccccc3)cc2)sc2c1CC[C@@H](C(C)(C)C)C2. The molecule has 1 aliphatic carbocycles. The molecule has 2 aromatic carbocycles. The van der Waals surface area contributed by atoms with Crippen LogP contribution >= 0.6 is 11.3 Å². The molecule has 1 atom stereocenters. The van der Waals surface area contributed by atoms with Crippen molar-refractivity contribution in [3.8, 4) is 11.1 Å². The van der Waals surface area contributed by atoms with Gasteiger partial charge in [0.05, 0.1) is 12.2 Å². The molecule has 4 rings (SSSR count). The highest BCUT2D eigenvalue weighted by Gasteiger charge is 2.34. The fourth-order valence-corrected chi connectivity index (χ4v) is 5.76. The number of fused-ring (bicyclic) bond motifs is 1. The molecule has 5 heteroatoms. The third kappa shape index (κ3) is 5.03. The van der Waals surface area contributed by atoms with Crippen LogP contribution in [0.5, 0.6) is 0 Å². The Bertz CT molecular complexity index is 1140. The lowest BCUT2D eigenvalue weighted by molar-refractivity contribution is 0.0526. The van der Waals surface area contributed by atoms with Gasteiger partial charge in [0.15, 0.2) is 0 Å². The van der Waals surface area contributed by atoms with E-state index in [-0.39, 0.29) is 17.3 Å². The van der Waals surface area contributed by atoms with Crippen molar-refractivity contribution < 1.29 is 14.3 Å². The molecule has 0 fully saturated rings. The predicted molar refractivity (Wildman–Crippen MR) is 135 cm³/mol. The average Bonchev–Trinajstić information content (AvgIpc) is 3.16. The van der Waals surface area contributed by atoms with E-state index in [0.717, 1.165) is 36.0 Å². The Morgan fingerprint density at radius 2 is 1.70 bits per heavy atom. The molecule has 33 heavy (non-hydrogen) atoms. The van der Waals surface area contributed by atoms with Gasteiger partial charge in [-0.05, 0) is 66.3 Å². The number of carbonyl (C=O) groups is 2. The number of hydrogen-bond donors (Lipinski definition) is 1. The summed E-state index contributed by atoms with van der Waals surface area (Å²) >= 11 is 1.53. The molecular formula is C28H31NO3S. The Balaban J connectivity index is 1.60. The van der Waals surface area contributed by atoms with Gasteiger partial charge in [0.25, 0.3) is 5.91 Å². The van der Waals surface area contributed by atoms with Crippen molar-refractivity contribution in [2.45, 2.75) is 47.0 Å². The third-order valence-electron chi connectivity index (χ3n) is 6.45. The highest BCUT2D eigenvalue weighted by molar-refractivity contribution is 7.17. The summed E-state index contributed by atoms with van der Waals surface area (Å²) in [4.78, 5) is 27.1. The molecule has 1 heterocycles. The molecule has 0 radical (unpaired) electrons. The van der Waals surface area contributed by atoms with Crippen molar-refractivity contribution in [3.63, 3.8) is 0 Å². The van der Waals surface area contributed by atoms with E-state index < -0.39 is 0 Å². The summed E-state index contributed by atoms with van der Waals surface area (Å²) < 4.78 is 5.36. The Morgan fingerprint density at radius 1 is 1.03 bits per heavy atom. The van der Waals surface area contributed by atoms with E-state index in [1.165, 1.54) is 16.2 Å². The number of ether oxygens (including phenoxy) is 1. The number of rotatable bonds is 5. The normalized spacial score (nSPS) is 15.6. The summed E-state index contributed by atoms with van der Waals surface area (Å²) in [5.41, 5.74) is 4.51. The van der Waals surface area contributed by atoms with Gasteiger partial charge in [-0.15, -0.1) is 11.3 Å². The molecule has 0 saturated heterocycles. The van der Waals surface area contributed by atoms with Crippen LogP contribution in [0, 0.1) is 11.3 Å². The van der Waals surface area contributed by atoms with Crippen molar-refractivity contribution in [3.05, 3.63) is 76.2 Å². The molecule has 1 amide bonds. The first-order valence-corrected chi connectivity index (χ1v) is 12.4. The Kier molecular flexibility index (Phi) is 6.71. The molecule has 3 aromatic rings. The first-order chi connectivity index (χ1) is 15.8. The highest BCUT2D eigenvalue weighted by atomic mass is 32.1. The molecular weight excluding hydrogens is 430 g/mol. The molecule has 1 aliphatic rings. The molecule has 0 bridgehead atoms. The Hall–Kier alpha value is -2.92. The summed E-state index contributed by atoms with van der Waals surface area (Å²) in [5.74, 6) is -0.0159. The molecule has 0 unspecified atom stereocenters. The summed E-state index contributed by atoms with van der Waals surface area (Å²) in [6.45, 7) is 8.92. The van der Waals surface area contributed by atoms with Crippen LogP contribution in [-0.4, -0.2) is 18.5 Å². The van der Waals surface area contributed by atoms with Crippen molar-refractivity contribution in [2.75, 3.05) is 11.9 Å². The van der Waals surface area contributed by atoms with Gasteiger partial charge in [-0.3, -0.25) is 4.79 Å². The van der Waals surface area contributed by atoms with Crippen molar-refractivity contribution >= 4 is 28.2 Å². The lowest BCUT2D eigenvalue weighted by Gasteiger charge is -2.33. The van der Waals surface area contributed by atoms with E-state index in [2.05, 4.69) is 26.1 Å². The minimum atomic E-state index is -0.348. The molecule has 0 spiro atoms. The standard InChI is InChI=1S/C28H31NO3S/c1-5-32-27(31)24-22-16-15-21(28(2,3)4)17-23(22)33-26(24)29-25(30)20-13-11-19(12-14-20)18-9-7-6-8-10-18/h6-14,21H,5,15-17H2,1-4H3,(H,29,30)/t21-/m1/s1. The van der Waals surface area contributed by atoms with Gasteiger partial charge in [0.2, 0.25) is 0 Å². The maximum Gasteiger partial charge on any atom is 0.341 e. The van der Waals surface area contributed by atoms with Gasteiger partial charge in [-0.2, -0.15) is 0 Å². The maximum atomic E-state index is 13.1. The first kappa shape index (κ1) is 23.2. The zero-order chi connectivity index (χ0) is 23.6. The monoisotopic (exact) mass is 461 g/mol. The number of benzene rings is 2. The Labute approximate surface area is 200 Å². The number of esters is 1. The van der Waals surface area contributed by atoms with E-state index in [1.807, 2.05) is 54.6 Å². The number of hydrogen-bond acceptors (Lipinski definition) is 4. The quantitative estimate of drug-likeness (QED) is 0.416. The van der Waals surface area contributed by atoms with Gasteiger partial charge in [0, 0.05) is 10.4 Å². The topological polar surface area (TPSA) is 55.4 Å². The molecule has 0 aliphatic heterocycles. The number of thiophene rings is 1. The van der Waals surface area contributed by atoms with Gasteiger partial charge in [-0.25, -0.2) is 4.79 Å². The van der Waals surface area contributed by atoms with E-state index in [4.69, 9.17) is 4.74 Å². The van der Waals surface area contributed by atoms with Crippen LogP contribution in [0.1, 0.15) is 65.3 Å². The summed E-state index contributed by atoms with van der Waals surface area (Å²) in [7, 11) is 0. The number of nitrogens with one attached hydrogen (secondary N) is 1. The number of amides is 1. The van der Waals surface area contributed by atoms with Crippen molar-refractivity contribution in [2.24, 2.45) is 11.3 Å². The number of anilines is 1. The second-order valence-electron chi connectivity index (χ2n) is 9.63. The highest BCUT2D eigenvalue weighted by Crippen LogP contribution is 2.44. The Morgan fingerprint density at radius 3 is 2.33 bits per heavy atom. The zero-order valence-corrected chi connectivity index (χ0v) is 20.6. The van der Waals surface area contributed by atoms with Crippen LogP contribution in [0.2, 0.25) is 0 Å². The first-order valence-electron chi connectivity index (χ1n) is 11.6. The van der Waals surface area contributed by atoms with Gasteiger partial charge < -0.3 is 10.1 Å². The van der Waals surface area contributed by atoms with Gasteiger partial charge in [-0.1, -0.05) is 63.2 Å². The fourth-order valence-electron chi connectivity index (χ4n) is 4.45. The van der Waals surface area contributed by atoms with Crippen molar-refractivity contribution in [1.82, 2.24) is 0 Å². The summed E-state index contributed by atoms with van der Waals surface area (Å²) in [6, 6.07) is 17.6. The minimum Gasteiger partial charge on any atom is -0.462 e. The van der Waals surface area contributed by atoms with Crippen LogP contribution in [0.4, 0.5) is 5.00 Å². The fraction of sp³-hybridized carbons (Fsp3) is 0.357. The number of carbonyl (C=O) groups excluding carboxylic acids is 2. The third-order valence-corrected chi connectivity index (χ3v) is 7.62. The summed E-state index contributed by atoms with van der Waals surface area (Å²) in [5, 5.41) is 3.62. The van der Waals surface area contributed by atoms with Crippen molar-refractivity contribution in [1.29, 1.82) is 0 Å². The lowest BCUT2D eigenvalue weighted by atomic mass is 9.72. The molecule has 172 valence electrons.